The van der Waals surface area contributed by atoms with Crippen LogP contribution in [-0.4, -0.2) is 27.0 Å². The predicted octanol–water partition coefficient (Wildman–Crippen LogP) is 6.82. The summed E-state index contributed by atoms with van der Waals surface area (Å²) in [4.78, 5) is 28.0. The van der Waals surface area contributed by atoms with Crippen LogP contribution < -0.4 is 4.90 Å². The molecule has 2 aromatic heterocycles. The smallest absolute Gasteiger partial charge is 0.296 e. The number of carbonyl (C=O) groups excluding carboxylic acids is 2. The minimum Gasteiger partial charge on any atom is -0.503 e. The first-order valence-corrected chi connectivity index (χ1v) is 13.2. The molecule has 182 valence electrons. The van der Waals surface area contributed by atoms with Crippen molar-refractivity contribution in [1.82, 2.24) is 10.2 Å². The fourth-order valence-electron chi connectivity index (χ4n) is 3.82. The molecule has 0 aliphatic carbocycles. The van der Waals surface area contributed by atoms with Crippen molar-refractivity contribution in [2.24, 2.45) is 0 Å². The number of aliphatic hydroxyl groups excluding tert-OH is 1. The summed E-state index contributed by atoms with van der Waals surface area (Å²) in [5.74, 6) is -0.927. The Labute approximate surface area is 224 Å². The molecule has 3 heterocycles. The van der Waals surface area contributed by atoms with E-state index in [0.717, 1.165) is 5.56 Å². The first-order chi connectivity index (χ1) is 17.3. The second-order valence-electron chi connectivity index (χ2n) is 7.87. The number of furan rings is 1. The Balaban J connectivity index is 1.53. The second-order valence-corrected chi connectivity index (χ2v) is 10.9. The highest BCUT2D eigenvalue weighted by molar-refractivity contribution is 8.00. The van der Waals surface area contributed by atoms with E-state index in [1.54, 1.807) is 25.1 Å². The Hall–Kier alpha value is -3.11. The van der Waals surface area contributed by atoms with Crippen molar-refractivity contribution in [3.05, 3.63) is 105 Å². The third kappa shape index (κ3) is 4.67. The third-order valence-corrected chi connectivity index (χ3v) is 8.17. The maximum Gasteiger partial charge on any atom is 0.296 e. The number of aromatic nitrogens is 2. The van der Waals surface area contributed by atoms with Gasteiger partial charge in [0, 0.05) is 15.8 Å². The van der Waals surface area contributed by atoms with Gasteiger partial charge in [-0.1, -0.05) is 82.7 Å². The van der Waals surface area contributed by atoms with E-state index in [2.05, 4.69) is 10.2 Å². The van der Waals surface area contributed by atoms with Crippen molar-refractivity contribution in [2.45, 2.75) is 23.1 Å². The van der Waals surface area contributed by atoms with Gasteiger partial charge in [-0.2, -0.15) is 0 Å². The fourth-order valence-corrected chi connectivity index (χ4v) is 6.15. The number of aryl methyl sites for hydroxylation is 1. The summed E-state index contributed by atoms with van der Waals surface area (Å²) in [7, 11) is 0. The molecule has 0 spiro atoms. The molecule has 11 heteroatoms. The van der Waals surface area contributed by atoms with Gasteiger partial charge in [-0.05, 0) is 42.3 Å². The Morgan fingerprint density at radius 3 is 2.61 bits per heavy atom. The van der Waals surface area contributed by atoms with E-state index in [1.807, 2.05) is 30.3 Å². The number of amides is 1. The molecular formula is C25H17Cl2N3O4S2. The number of rotatable bonds is 7. The normalized spacial score (nSPS) is 15.7. The van der Waals surface area contributed by atoms with Gasteiger partial charge in [0.1, 0.15) is 5.76 Å². The third-order valence-electron chi connectivity index (χ3n) is 5.48. The maximum atomic E-state index is 13.4. The lowest BCUT2D eigenvalue weighted by atomic mass is 9.95. The van der Waals surface area contributed by atoms with Gasteiger partial charge >= 0.3 is 0 Å². The van der Waals surface area contributed by atoms with Crippen LogP contribution in [0.3, 0.4) is 0 Å². The van der Waals surface area contributed by atoms with Crippen LogP contribution in [-0.2, 0) is 10.5 Å². The minimum atomic E-state index is -1.06. The summed E-state index contributed by atoms with van der Waals surface area (Å²) < 4.78 is 6.11. The van der Waals surface area contributed by atoms with Crippen molar-refractivity contribution in [2.75, 3.05) is 4.90 Å². The van der Waals surface area contributed by atoms with Crippen LogP contribution in [0.25, 0.3) is 0 Å². The first-order valence-electron chi connectivity index (χ1n) is 10.7. The summed E-state index contributed by atoms with van der Waals surface area (Å²) >= 11 is 15.2. The van der Waals surface area contributed by atoms with Crippen LogP contribution in [0, 0.1) is 6.92 Å². The number of anilines is 1. The van der Waals surface area contributed by atoms with E-state index >= 15 is 0 Å². The Morgan fingerprint density at radius 1 is 1.14 bits per heavy atom. The number of thioether (sulfide) groups is 1. The second kappa shape index (κ2) is 10.1. The molecule has 2 aromatic carbocycles. The molecule has 1 aliphatic rings. The zero-order chi connectivity index (χ0) is 25.4. The number of benzene rings is 2. The van der Waals surface area contributed by atoms with Gasteiger partial charge in [0.25, 0.3) is 5.91 Å². The molecule has 0 fully saturated rings. The molecule has 0 radical (unpaired) electrons. The van der Waals surface area contributed by atoms with Gasteiger partial charge in [-0.15, -0.1) is 10.2 Å². The quantitative estimate of drug-likeness (QED) is 0.151. The van der Waals surface area contributed by atoms with Gasteiger partial charge < -0.3 is 9.52 Å². The highest BCUT2D eigenvalue weighted by Gasteiger charge is 2.47. The topological polar surface area (TPSA) is 96.5 Å². The monoisotopic (exact) mass is 557 g/mol. The van der Waals surface area contributed by atoms with Crippen LogP contribution in [0.1, 0.15) is 33.5 Å². The van der Waals surface area contributed by atoms with Crippen molar-refractivity contribution in [3.63, 3.8) is 0 Å². The van der Waals surface area contributed by atoms with Crippen LogP contribution in [0.5, 0.6) is 0 Å². The maximum absolute atomic E-state index is 13.4. The fraction of sp³-hybridized carbons (Fsp3) is 0.120. The predicted molar refractivity (Wildman–Crippen MR) is 140 cm³/mol. The van der Waals surface area contributed by atoms with Crippen molar-refractivity contribution in [3.8, 4) is 0 Å². The highest BCUT2D eigenvalue weighted by atomic mass is 35.5. The molecule has 1 N–H and O–H groups in total. The Kier molecular flexibility index (Phi) is 6.90. The number of nitrogens with zero attached hydrogens (tertiary/aromatic N) is 3. The van der Waals surface area contributed by atoms with Crippen LogP contribution in [0.2, 0.25) is 10.0 Å². The molecular weight excluding hydrogens is 541 g/mol. The number of halogens is 2. The Morgan fingerprint density at radius 2 is 1.92 bits per heavy atom. The number of aliphatic hydroxyl groups is 1. The van der Waals surface area contributed by atoms with E-state index in [0.29, 0.717) is 26.4 Å². The zero-order valence-corrected chi connectivity index (χ0v) is 21.8. The van der Waals surface area contributed by atoms with Crippen LogP contribution >= 0.6 is 46.3 Å². The zero-order valence-electron chi connectivity index (χ0n) is 18.6. The van der Waals surface area contributed by atoms with Crippen molar-refractivity contribution >= 4 is 63.1 Å². The number of carbonyl (C=O) groups is 2. The molecule has 0 saturated heterocycles. The average Bonchev–Trinajstić information content (AvgIpc) is 3.57. The molecule has 5 rings (SSSR count). The van der Waals surface area contributed by atoms with E-state index in [1.165, 1.54) is 40.1 Å². The van der Waals surface area contributed by atoms with Gasteiger partial charge in [-0.3, -0.25) is 14.5 Å². The Bertz CT molecular complexity index is 1500. The van der Waals surface area contributed by atoms with E-state index in [4.69, 9.17) is 27.6 Å². The molecule has 0 bridgehead atoms. The summed E-state index contributed by atoms with van der Waals surface area (Å²) in [6, 6.07) is 16.7. The average molecular weight is 558 g/mol. The molecule has 36 heavy (non-hydrogen) atoms. The lowest BCUT2D eigenvalue weighted by molar-refractivity contribution is -0.117. The lowest BCUT2D eigenvalue weighted by Crippen LogP contribution is -2.31. The molecule has 1 unspecified atom stereocenters. The van der Waals surface area contributed by atoms with E-state index < -0.39 is 23.5 Å². The number of hydrogen-bond donors (Lipinski definition) is 1. The first kappa shape index (κ1) is 24.6. The summed E-state index contributed by atoms with van der Waals surface area (Å²) in [5.41, 5.74) is 1.36. The van der Waals surface area contributed by atoms with Gasteiger partial charge in [-0.25, -0.2) is 0 Å². The minimum absolute atomic E-state index is 0.00449. The number of Topliss-reactive ketones (excluding diaryl/α,β-unsaturated/α-hetero) is 1. The van der Waals surface area contributed by atoms with Gasteiger partial charge in [0.15, 0.2) is 15.9 Å². The number of ketones is 1. The standard InChI is InChI=1S/C25H17Cl2N3O4S2/c1-13-7-10-18(34-13)21(31)19-20(16-9-8-15(26)11-17(16)27)30(23(33)22(19)32)24-28-29-25(36-24)35-12-14-5-3-2-4-6-14/h2-11,20,32H,12H2,1H3. The van der Waals surface area contributed by atoms with Crippen LogP contribution in [0.4, 0.5) is 5.13 Å². The lowest BCUT2D eigenvalue weighted by Gasteiger charge is -2.24. The molecule has 7 nitrogen and oxygen atoms in total. The molecule has 1 aliphatic heterocycles. The van der Waals surface area contributed by atoms with Gasteiger partial charge in [0.05, 0.1) is 11.6 Å². The summed E-state index contributed by atoms with van der Waals surface area (Å²) in [6.45, 7) is 1.69. The van der Waals surface area contributed by atoms with E-state index in [-0.39, 0.29) is 21.5 Å². The number of hydrogen-bond acceptors (Lipinski definition) is 8. The summed E-state index contributed by atoms with van der Waals surface area (Å²) in [6.07, 6.45) is 0. The van der Waals surface area contributed by atoms with Crippen LogP contribution in [0.15, 0.2) is 80.8 Å². The highest BCUT2D eigenvalue weighted by Crippen LogP contribution is 2.46. The van der Waals surface area contributed by atoms with E-state index in [9.17, 15) is 14.7 Å². The molecule has 4 aromatic rings. The molecule has 1 atom stereocenters. The summed E-state index contributed by atoms with van der Waals surface area (Å²) in [5, 5.41) is 20.1. The SMILES string of the molecule is Cc1ccc(C(=O)C2=C(O)C(=O)N(c3nnc(SCc4ccccc4)s3)C2c2ccc(Cl)cc2Cl)o1. The van der Waals surface area contributed by atoms with Crippen molar-refractivity contribution < 1.29 is 19.1 Å². The van der Waals surface area contributed by atoms with Gasteiger partial charge in [0.2, 0.25) is 10.9 Å². The molecule has 1 amide bonds. The van der Waals surface area contributed by atoms with Crippen molar-refractivity contribution in [1.29, 1.82) is 0 Å². The largest absolute Gasteiger partial charge is 0.503 e. The molecule has 0 saturated carbocycles.